The molecule has 2 rings (SSSR count). The topological polar surface area (TPSA) is 70.4 Å². The second kappa shape index (κ2) is 4.71. The molecule has 2 N–H and O–H groups in total. The molecule has 5 nitrogen and oxygen atoms in total. The molecular weight excluding hydrogens is 218 g/mol. The molecule has 2 heterocycles. The number of aliphatic hydroxyl groups is 1. The van der Waals surface area contributed by atoms with Crippen molar-refractivity contribution in [1.82, 2.24) is 14.6 Å². The molecule has 5 heteroatoms. The van der Waals surface area contributed by atoms with Crippen LogP contribution in [0.15, 0.2) is 10.9 Å². The molecule has 0 radical (unpaired) electrons. The van der Waals surface area contributed by atoms with E-state index in [1.807, 2.05) is 13.0 Å². The van der Waals surface area contributed by atoms with Crippen molar-refractivity contribution in [1.29, 1.82) is 0 Å². The van der Waals surface area contributed by atoms with Crippen molar-refractivity contribution in [2.75, 3.05) is 6.61 Å². The van der Waals surface area contributed by atoms with E-state index in [9.17, 15) is 4.79 Å². The van der Waals surface area contributed by atoms with E-state index in [-0.39, 0.29) is 12.2 Å². The number of nitrogens with zero attached hydrogens (tertiary/aromatic N) is 2. The number of hydrogen-bond donors (Lipinski definition) is 2. The van der Waals surface area contributed by atoms with Gasteiger partial charge in [0.15, 0.2) is 0 Å². The van der Waals surface area contributed by atoms with Crippen molar-refractivity contribution in [2.24, 2.45) is 0 Å². The second-order valence-electron chi connectivity index (χ2n) is 4.17. The average Bonchev–Trinajstić information content (AvgIpc) is 2.67. The molecule has 0 fully saturated rings. The van der Waals surface area contributed by atoms with Crippen LogP contribution in [0.1, 0.15) is 30.3 Å². The first-order valence-electron chi connectivity index (χ1n) is 5.88. The number of H-pyrrole nitrogens is 1. The molecule has 0 aliphatic carbocycles. The molecule has 0 atom stereocenters. The highest BCUT2D eigenvalue weighted by Crippen LogP contribution is 2.09. The van der Waals surface area contributed by atoms with E-state index >= 15 is 0 Å². The first-order valence-corrected chi connectivity index (χ1v) is 5.88. The molecule has 0 spiro atoms. The quantitative estimate of drug-likeness (QED) is 0.824. The Balaban J connectivity index is 2.61. The van der Waals surface area contributed by atoms with Crippen LogP contribution in [0.4, 0.5) is 0 Å². The highest BCUT2D eigenvalue weighted by molar-refractivity contribution is 5.42. The van der Waals surface area contributed by atoms with E-state index in [2.05, 4.69) is 17.0 Å². The van der Waals surface area contributed by atoms with Crippen LogP contribution in [0.3, 0.4) is 0 Å². The van der Waals surface area contributed by atoms with Crippen molar-refractivity contribution >= 4 is 5.65 Å². The Labute approximate surface area is 99.1 Å². The number of aliphatic hydroxyl groups excluding tert-OH is 1. The zero-order valence-corrected chi connectivity index (χ0v) is 10.2. The minimum absolute atomic E-state index is 0.0293. The monoisotopic (exact) mass is 235 g/mol. The summed E-state index contributed by atoms with van der Waals surface area (Å²) in [5.41, 5.74) is 2.98. The lowest BCUT2D eigenvalue weighted by molar-refractivity contribution is 0.298. The smallest absolute Gasteiger partial charge is 0.254 e. The van der Waals surface area contributed by atoms with Gasteiger partial charge in [0, 0.05) is 24.7 Å². The molecule has 0 unspecified atom stereocenters. The third-order valence-electron chi connectivity index (χ3n) is 2.90. The number of fused-ring (bicyclic) bond motifs is 1. The zero-order chi connectivity index (χ0) is 12.4. The highest BCUT2D eigenvalue weighted by Gasteiger charge is 2.10. The Kier molecular flexibility index (Phi) is 3.28. The zero-order valence-electron chi connectivity index (χ0n) is 10.2. The number of aryl methyl sites for hydroxylation is 2. The molecule has 0 saturated carbocycles. The van der Waals surface area contributed by atoms with E-state index in [0.29, 0.717) is 12.0 Å². The van der Waals surface area contributed by atoms with Crippen molar-refractivity contribution in [2.45, 2.75) is 33.1 Å². The molecule has 2 aromatic rings. The molecule has 0 bridgehead atoms. The van der Waals surface area contributed by atoms with Gasteiger partial charge in [0.05, 0.1) is 11.4 Å². The predicted molar refractivity (Wildman–Crippen MR) is 65.3 cm³/mol. The Bertz CT molecular complexity index is 583. The number of rotatable bonds is 4. The van der Waals surface area contributed by atoms with Crippen LogP contribution >= 0.6 is 0 Å². The summed E-state index contributed by atoms with van der Waals surface area (Å²) in [6, 6.07) is 1.90. The van der Waals surface area contributed by atoms with Crippen molar-refractivity contribution in [3.63, 3.8) is 0 Å². The maximum atomic E-state index is 11.8. The molecule has 0 aliphatic rings. The molecule has 0 amide bonds. The average molecular weight is 235 g/mol. The minimum Gasteiger partial charge on any atom is -0.396 e. The van der Waals surface area contributed by atoms with Crippen LogP contribution in [0.5, 0.6) is 0 Å². The number of aromatic nitrogens is 3. The van der Waals surface area contributed by atoms with E-state index in [1.165, 1.54) is 0 Å². The first-order chi connectivity index (χ1) is 8.17. The number of aromatic amines is 1. The van der Waals surface area contributed by atoms with Gasteiger partial charge in [-0.05, 0) is 13.3 Å². The molecule has 17 heavy (non-hydrogen) atoms. The van der Waals surface area contributed by atoms with Crippen molar-refractivity contribution in [3.05, 3.63) is 33.4 Å². The fraction of sp³-hybridized carbons (Fsp3) is 0.500. The van der Waals surface area contributed by atoms with Gasteiger partial charge >= 0.3 is 0 Å². The normalized spacial score (nSPS) is 11.2. The van der Waals surface area contributed by atoms with E-state index < -0.39 is 0 Å². The number of hydrogen-bond acceptors (Lipinski definition) is 3. The maximum Gasteiger partial charge on any atom is 0.254 e. The molecule has 0 aromatic carbocycles. The van der Waals surface area contributed by atoms with E-state index in [1.54, 1.807) is 4.52 Å². The lowest BCUT2D eigenvalue weighted by Crippen LogP contribution is -2.19. The lowest BCUT2D eigenvalue weighted by atomic mass is 10.2. The van der Waals surface area contributed by atoms with Crippen LogP contribution in [-0.2, 0) is 12.8 Å². The van der Waals surface area contributed by atoms with Crippen molar-refractivity contribution in [3.8, 4) is 0 Å². The molecular formula is C12H17N3O2. The fourth-order valence-electron chi connectivity index (χ4n) is 2.04. The van der Waals surface area contributed by atoms with Gasteiger partial charge in [-0.1, -0.05) is 13.3 Å². The van der Waals surface area contributed by atoms with E-state index in [0.717, 1.165) is 29.9 Å². The molecule has 0 saturated heterocycles. The number of nitrogens with one attached hydrogen (secondary N) is 1. The summed E-state index contributed by atoms with van der Waals surface area (Å²) in [5, 5.41) is 13.4. The summed E-state index contributed by atoms with van der Waals surface area (Å²) in [4.78, 5) is 14.6. The van der Waals surface area contributed by atoms with Crippen molar-refractivity contribution < 1.29 is 5.11 Å². The van der Waals surface area contributed by atoms with Gasteiger partial charge in [-0.3, -0.25) is 4.79 Å². The van der Waals surface area contributed by atoms with Gasteiger partial charge in [-0.25, -0.2) is 4.52 Å². The van der Waals surface area contributed by atoms with Crippen LogP contribution in [0.2, 0.25) is 0 Å². The Morgan fingerprint density at radius 1 is 1.47 bits per heavy atom. The Morgan fingerprint density at radius 3 is 2.88 bits per heavy atom. The highest BCUT2D eigenvalue weighted by atomic mass is 16.3. The van der Waals surface area contributed by atoms with Gasteiger partial charge in [-0.2, -0.15) is 5.10 Å². The van der Waals surface area contributed by atoms with Crippen LogP contribution < -0.4 is 5.56 Å². The Morgan fingerprint density at radius 2 is 2.24 bits per heavy atom. The molecule has 0 aliphatic heterocycles. The lowest BCUT2D eigenvalue weighted by Gasteiger charge is -2.04. The fourth-order valence-corrected chi connectivity index (χ4v) is 2.04. The summed E-state index contributed by atoms with van der Waals surface area (Å²) in [7, 11) is 0. The summed E-state index contributed by atoms with van der Waals surface area (Å²) in [5.74, 6) is 0. The predicted octanol–water partition coefficient (Wildman–Crippen LogP) is 0.818. The molecule has 2 aromatic heterocycles. The van der Waals surface area contributed by atoms with Gasteiger partial charge in [0.25, 0.3) is 5.56 Å². The van der Waals surface area contributed by atoms with E-state index in [4.69, 9.17) is 5.11 Å². The SMILES string of the molecule is CCCc1cc2[nH]c(=O)c(CCO)c(C)n2n1. The Hall–Kier alpha value is -1.62. The third kappa shape index (κ3) is 2.10. The first kappa shape index (κ1) is 11.9. The third-order valence-corrected chi connectivity index (χ3v) is 2.90. The van der Waals surface area contributed by atoms with Crippen LogP contribution in [0, 0.1) is 6.92 Å². The standard InChI is InChI=1S/C12H17N3O2/c1-3-4-9-7-11-13-12(17)10(5-6-16)8(2)15(11)14-9/h7,16H,3-6H2,1-2H3,(H,13,17). The maximum absolute atomic E-state index is 11.8. The summed E-state index contributed by atoms with van der Waals surface area (Å²) >= 11 is 0. The van der Waals surface area contributed by atoms with Gasteiger partial charge in [0.1, 0.15) is 5.65 Å². The second-order valence-corrected chi connectivity index (χ2v) is 4.17. The summed E-state index contributed by atoms with van der Waals surface area (Å²) in [6.45, 7) is 3.92. The van der Waals surface area contributed by atoms with Gasteiger partial charge < -0.3 is 10.1 Å². The van der Waals surface area contributed by atoms with Gasteiger partial charge in [0.2, 0.25) is 0 Å². The van der Waals surface area contributed by atoms with Crippen LogP contribution in [-0.4, -0.2) is 26.3 Å². The minimum atomic E-state index is -0.132. The molecule has 92 valence electrons. The van der Waals surface area contributed by atoms with Gasteiger partial charge in [-0.15, -0.1) is 0 Å². The largest absolute Gasteiger partial charge is 0.396 e. The summed E-state index contributed by atoms with van der Waals surface area (Å²) < 4.78 is 1.75. The summed E-state index contributed by atoms with van der Waals surface area (Å²) in [6.07, 6.45) is 2.29. The van der Waals surface area contributed by atoms with Crippen LogP contribution in [0.25, 0.3) is 5.65 Å².